The number of rotatable bonds is 8. The van der Waals surface area contributed by atoms with Crippen molar-refractivity contribution in [2.24, 2.45) is 0 Å². The molecule has 6 rings (SSSR count). The van der Waals surface area contributed by atoms with Crippen molar-refractivity contribution in [3.05, 3.63) is 198 Å². The average Bonchev–Trinajstić information content (AvgIpc) is 3.05. The summed E-state index contributed by atoms with van der Waals surface area (Å²) in [7, 11) is 0. The Morgan fingerprint density at radius 2 is 1.13 bits per heavy atom. The minimum atomic E-state index is 0. The van der Waals surface area contributed by atoms with Crippen LogP contribution < -0.4 is 0 Å². The molecule has 0 radical (unpaired) electrons. The Hall–Kier alpha value is -4.25. The minimum absolute atomic E-state index is 0. The van der Waals surface area contributed by atoms with Gasteiger partial charge >= 0.3 is 25.8 Å². The van der Waals surface area contributed by atoms with E-state index in [-0.39, 0.29) is 25.8 Å². The smallest absolute Gasteiger partial charge is 0.683 e. The number of fused-ring (bicyclic) bond motifs is 1. The van der Waals surface area contributed by atoms with Crippen molar-refractivity contribution in [2.75, 3.05) is 13.1 Å². The van der Waals surface area contributed by atoms with Crippen molar-refractivity contribution in [2.45, 2.75) is 33.9 Å². The third-order valence-corrected chi connectivity index (χ3v) is 7.63. The van der Waals surface area contributed by atoms with E-state index < -0.39 is 0 Å². The van der Waals surface area contributed by atoms with Gasteiger partial charge in [0.05, 0.1) is 0 Å². The van der Waals surface area contributed by atoms with E-state index in [2.05, 4.69) is 82.0 Å². The Bertz CT molecular complexity index is 1710. The molecule has 0 unspecified atom stereocenters. The van der Waals surface area contributed by atoms with Crippen molar-refractivity contribution in [3.8, 4) is 5.75 Å². The normalized spacial score (nSPS) is 10.2. The quantitative estimate of drug-likeness (QED) is 0.123. The molecule has 0 heterocycles. The van der Waals surface area contributed by atoms with Crippen molar-refractivity contribution in [1.29, 1.82) is 0 Å². The zero-order valence-corrected chi connectivity index (χ0v) is 31.5. The third-order valence-electron chi connectivity index (χ3n) is 7.63. The summed E-state index contributed by atoms with van der Waals surface area (Å²) in [6.45, 7) is 16.8. The van der Waals surface area contributed by atoms with Crippen molar-refractivity contribution in [3.63, 3.8) is 0 Å². The fourth-order valence-electron chi connectivity index (χ4n) is 5.41. The topological polar surface area (TPSA) is 37.6 Å². The van der Waals surface area contributed by atoms with Crippen LogP contribution in [-0.4, -0.2) is 23.1 Å². The SMILES string of the molecule is Cc1cc(C)c([N-]CCN(Cc2ccccc2)Cc2ccc3ccccc3c2O)c(C)c1.[CH2-]c1ccccc1.[CH2-]c1ccccc1.[Hf+4]. The summed E-state index contributed by atoms with van der Waals surface area (Å²) in [5, 5.41) is 17.8. The van der Waals surface area contributed by atoms with Gasteiger partial charge in [0.2, 0.25) is 0 Å². The van der Waals surface area contributed by atoms with Gasteiger partial charge in [0.25, 0.3) is 0 Å². The molecule has 0 aliphatic heterocycles. The van der Waals surface area contributed by atoms with Gasteiger partial charge < -0.3 is 10.4 Å². The van der Waals surface area contributed by atoms with Gasteiger partial charge in [-0.1, -0.05) is 108 Å². The van der Waals surface area contributed by atoms with Crippen molar-refractivity contribution < 1.29 is 30.9 Å². The van der Waals surface area contributed by atoms with E-state index in [1.165, 1.54) is 22.3 Å². The number of hydrogen-bond donors (Lipinski definition) is 1. The fraction of sp³-hybridized carbons (Fsp3) is 0.163. The van der Waals surface area contributed by atoms with E-state index >= 15 is 0 Å². The van der Waals surface area contributed by atoms with E-state index in [0.717, 1.165) is 46.2 Å². The summed E-state index contributed by atoms with van der Waals surface area (Å²) in [6, 6.07) is 46.8. The van der Waals surface area contributed by atoms with Crippen LogP contribution in [0, 0.1) is 34.6 Å². The van der Waals surface area contributed by atoms with Gasteiger partial charge in [-0.05, 0) is 38.3 Å². The van der Waals surface area contributed by atoms with Crippen LogP contribution in [0.5, 0.6) is 5.75 Å². The van der Waals surface area contributed by atoms with E-state index in [1.807, 2.05) is 97.1 Å². The molecule has 0 aliphatic carbocycles. The Labute approximate surface area is 301 Å². The van der Waals surface area contributed by atoms with E-state index in [4.69, 9.17) is 5.32 Å². The van der Waals surface area contributed by atoms with E-state index in [9.17, 15) is 5.11 Å². The Kier molecular flexibility index (Phi) is 15.4. The number of nitrogens with zero attached hydrogens (tertiary/aromatic N) is 2. The monoisotopic (exact) mass is 785 g/mol. The molecule has 0 aliphatic rings. The first kappa shape index (κ1) is 37.2. The molecule has 0 amide bonds. The van der Waals surface area contributed by atoms with Crippen LogP contribution in [-0.2, 0) is 38.9 Å². The second-order valence-electron chi connectivity index (χ2n) is 11.6. The number of phenols is 1. The van der Waals surface area contributed by atoms with E-state index in [1.54, 1.807) is 0 Å². The molecule has 6 aromatic rings. The first-order valence-electron chi connectivity index (χ1n) is 15.8. The van der Waals surface area contributed by atoms with Crippen LogP contribution in [0.3, 0.4) is 0 Å². The summed E-state index contributed by atoms with van der Waals surface area (Å²) >= 11 is 0. The predicted molar refractivity (Wildman–Crippen MR) is 197 cm³/mol. The number of aryl methyl sites for hydroxylation is 3. The molecule has 4 heteroatoms. The van der Waals surface area contributed by atoms with Gasteiger partial charge in [-0.3, -0.25) is 4.90 Å². The summed E-state index contributed by atoms with van der Waals surface area (Å²) in [4.78, 5) is 2.36. The Morgan fingerprint density at radius 1 is 0.617 bits per heavy atom. The number of phenolic OH excluding ortho intramolecular Hbond substituents is 1. The summed E-state index contributed by atoms with van der Waals surface area (Å²) in [6.07, 6.45) is 0. The van der Waals surface area contributed by atoms with Crippen LogP contribution in [0.4, 0.5) is 5.69 Å². The molecule has 0 saturated carbocycles. The van der Waals surface area contributed by atoms with Gasteiger partial charge in [-0.25, -0.2) is 0 Å². The number of hydrogen-bond acceptors (Lipinski definition) is 2. The zero-order valence-electron chi connectivity index (χ0n) is 27.9. The number of aromatic hydroxyl groups is 1. The fourth-order valence-corrected chi connectivity index (χ4v) is 5.41. The van der Waals surface area contributed by atoms with Crippen LogP contribution in [0.25, 0.3) is 16.1 Å². The molecule has 0 spiro atoms. The first-order valence-corrected chi connectivity index (χ1v) is 15.8. The van der Waals surface area contributed by atoms with Crippen LogP contribution in [0.1, 0.15) is 38.9 Å². The molecule has 0 saturated heterocycles. The Morgan fingerprint density at radius 3 is 1.66 bits per heavy atom. The first-order chi connectivity index (χ1) is 22.3. The Balaban J connectivity index is 0.000000329. The molecule has 0 aromatic heterocycles. The molecule has 6 aromatic carbocycles. The zero-order chi connectivity index (χ0) is 32.7. The third kappa shape index (κ3) is 12.1. The maximum atomic E-state index is 10.9. The van der Waals surface area contributed by atoms with Gasteiger partial charge in [-0.2, -0.15) is 49.2 Å². The summed E-state index contributed by atoms with van der Waals surface area (Å²) < 4.78 is 0. The summed E-state index contributed by atoms with van der Waals surface area (Å²) in [5.74, 6) is 0.378. The van der Waals surface area contributed by atoms with Crippen LogP contribution >= 0.6 is 0 Å². The van der Waals surface area contributed by atoms with E-state index in [0.29, 0.717) is 18.8 Å². The van der Waals surface area contributed by atoms with Gasteiger partial charge in [0.1, 0.15) is 5.75 Å². The predicted octanol–water partition coefficient (Wildman–Crippen LogP) is 10.9. The maximum Gasteiger partial charge on any atom is 4.00 e. The largest absolute Gasteiger partial charge is 4.00 e. The molecule has 236 valence electrons. The minimum Gasteiger partial charge on any atom is -0.683 e. The van der Waals surface area contributed by atoms with Crippen LogP contribution in [0.2, 0.25) is 0 Å². The van der Waals surface area contributed by atoms with Crippen molar-refractivity contribution in [1.82, 2.24) is 4.90 Å². The van der Waals surface area contributed by atoms with Crippen LogP contribution in [0.15, 0.2) is 140 Å². The van der Waals surface area contributed by atoms with Gasteiger partial charge in [0.15, 0.2) is 0 Å². The molecular formula is C43H45HfN2O+. The second-order valence-corrected chi connectivity index (χ2v) is 11.6. The van der Waals surface area contributed by atoms with Crippen molar-refractivity contribution >= 4 is 16.5 Å². The second kappa shape index (κ2) is 19.4. The number of benzene rings is 6. The molecule has 1 N–H and O–H groups in total. The van der Waals surface area contributed by atoms with Gasteiger partial charge in [0, 0.05) is 24.0 Å². The molecular weight excluding hydrogens is 739 g/mol. The maximum absolute atomic E-state index is 10.9. The molecule has 0 atom stereocenters. The molecule has 0 bridgehead atoms. The summed E-state index contributed by atoms with van der Waals surface area (Å²) in [5.41, 5.74) is 9.18. The molecule has 0 fully saturated rings. The molecule has 3 nitrogen and oxygen atoms in total. The molecule has 47 heavy (non-hydrogen) atoms. The standard InChI is InChI=1S/C29H31N2O.2C7H7.Hf/c1-21-17-22(2)28(23(3)18-21)30-15-16-31(19-24-9-5-4-6-10-24)20-26-14-13-25-11-7-8-12-27(25)29(26)32;2*1-7-5-3-2-4-6-7;/h4-14,17-18,32H,15-16,19-20H2,1-3H3;2*2-6H,1H2;/q3*-1;+4. The van der Waals surface area contributed by atoms with Gasteiger partial charge in [-0.15, -0.1) is 36.5 Å². The average molecular weight is 784 g/mol.